The van der Waals surface area contributed by atoms with E-state index in [4.69, 9.17) is 5.11 Å². The van der Waals surface area contributed by atoms with Crippen molar-refractivity contribution in [3.05, 3.63) is 81.8 Å². The number of carbonyl (C=O) groups is 2. The van der Waals surface area contributed by atoms with Crippen LogP contribution in [0.15, 0.2) is 60.7 Å². The molecule has 0 saturated heterocycles. The van der Waals surface area contributed by atoms with Gasteiger partial charge in [-0.1, -0.05) is 36.4 Å². The molecule has 132 valence electrons. The molecule has 26 heavy (non-hydrogen) atoms. The Bertz CT molecular complexity index is 950. The molecule has 0 saturated carbocycles. The maximum atomic E-state index is 13.3. The minimum atomic E-state index is -1.05. The quantitative estimate of drug-likeness (QED) is 0.682. The van der Waals surface area contributed by atoms with Crippen LogP contribution in [0.4, 0.5) is 4.39 Å². The summed E-state index contributed by atoms with van der Waals surface area (Å²) in [7, 11) is 0. The number of carboxylic acids is 1. The van der Waals surface area contributed by atoms with Gasteiger partial charge in [0.25, 0.3) is 5.91 Å². The zero-order chi connectivity index (χ0) is 18.7. The highest BCUT2D eigenvalue weighted by Gasteiger charge is 2.15. The molecular formula is C20H16FNO3S. The first-order chi connectivity index (χ1) is 12.4. The number of carboxylic acid groups (broad SMARTS) is 1. The highest BCUT2D eigenvalue weighted by Crippen LogP contribution is 2.23. The second-order valence-corrected chi connectivity index (χ2v) is 6.88. The Labute approximate surface area is 153 Å². The van der Waals surface area contributed by atoms with E-state index in [1.807, 2.05) is 37.3 Å². The van der Waals surface area contributed by atoms with Gasteiger partial charge in [-0.05, 0) is 47.9 Å². The fraction of sp³-hybridized carbons (Fsp3) is 0.100. The Morgan fingerprint density at radius 2 is 1.69 bits per heavy atom. The highest BCUT2D eigenvalue weighted by atomic mass is 32.1. The number of hydrogen-bond donors (Lipinski definition) is 2. The van der Waals surface area contributed by atoms with Gasteiger partial charge >= 0.3 is 5.97 Å². The summed E-state index contributed by atoms with van der Waals surface area (Å²) in [6.07, 6.45) is 0. The molecule has 0 unspecified atom stereocenters. The van der Waals surface area contributed by atoms with Crippen molar-refractivity contribution in [3.8, 4) is 11.1 Å². The number of thiophene rings is 1. The van der Waals surface area contributed by atoms with E-state index in [-0.39, 0.29) is 22.6 Å². The molecule has 0 radical (unpaired) electrons. The third-order valence-electron chi connectivity index (χ3n) is 3.96. The van der Waals surface area contributed by atoms with E-state index >= 15 is 0 Å². The van der Waals surface area contributed by atoms with Crippen LogP contribution in [0.25, 0.3) is 11.1 Å². The summed E-state index contributed by atoms with van der Waals surface area (Å²) in [6.45, 7) is 1.85. The summed E-state index contributed by atoms with van der Waals surface area (Å²) in [5.41, 5.74) is 2.57. The Hall–Kier alpha value is -2.99. The van der Waals surface area contributed by atoms with Crippen molar-refractivity contribution in [3.63, 3.8) is 0 Å². The fourth-order valence-electron chi connectivity index (χ4n) is 2.56. The van der Waals surface area contributed by atoms with Crippen molar-refractivity contribution in [2.45, 2.75) is 13.0 Å². The fourth-order valence-corrected chi connectivity index (χ4v) is 3.31. The van der Waals surface area contributed by atoms with Crippen molar-refractivity contribution in [1.82, 2.24) is 5.32 Å². The van der Waals surface area contributed by atoms with Crippen LogP contribution in [0.5, 0.6) is 0 Å². The van der Waals surface area contributed by atoms with Gasteiger partial charge in [0.05, 0.1) is 10.9 Å². The number of halogens is 1. The molecular weight excluding hydrogens is 353 g/mol. The molecule has 1 atom stereocenters. The van der Waals surface area contributed by atoms with E-state index in [9.17, 15) is 14.0 Å². The van der Waals surface area contributed by atoms with E-state index in [1.165, 1.54) is 24.3 Å². The Morgan fingerprint density at radius 1 is 1.00 bits per heavy atom. The molecule has 0 fully saturated rings. The lowest BCUT2D eigenvalue weighted by molar-refractivity contribution is 0.0702. The minimum Gasteiger partial charge on any atom is -0.477 e. The number of rotatable bonds is 5. The molecule has 1 aromatic heterocycles. The lowest BCUT2D eigenvalue weighted by atomic mass is 10.0. The topological polar surface area (TPSA) is 66.4 Å². The highest BCUT2D eigenvalue weighted by molar-refractivity contribution is 7.15. The van der Waals surface area contributed by atoms with Crippen LogP contribution in [0.3, 0.4) is 0 Å². The second kappa shape index (κ2) is 7.49. The van der Waals surface area contributed by atoms with Crippen LogP contribution in [0.1, 0.15) is 37.9 Å². The van der Waals surface area contributed by atoms with Gasteiger partial charge in [0, 0.05) is 0 Å². The SMILES string of the molecule is C[C@@H](NC(=O)c1ccc(C(=O)O)s1)c1ccc(-c2cccc(F)c2)cc1. The molecule has 1 amide bonds. The van der Waals surface area contributed by atoms with Crippen LogP contribution in [-0.4, -0.2) is 17.0 Å². The van der Waals surface area contributed by atoms with Crippen molar-refractivity contribution >= 4 is 23.2 Å². The summed E-state index contributed by atoms with van der Waals surface area (Å²) in [6, 6.07) is 16.5. The number of nitrogens with one attached hydrogen (secondary N) is 1. The summed E-state index contributed by atoms with van der Waals surface area (Å²) >= 11 is 0.940. The summed E-state index contributed by atoms with van der Waals surface area (Å²) in [4.78, 5) is 23.6. The standard InChI is InChI=1S/C20H16FNO3S/c1-12(22-19(23)17-9-10-18(26-17)20(24)25)13-5-7-14(8-6-13)15-3-2-4-16(21)11-15/h2-12H,1H3,(H,22,23)(H,24,25)/t12-/m1/s1. The van der Waals surface area contributed by atoms with Crippen LogP contribution < -0.4 is 5.32 Å². The number of hydrogen-bond acceptors (Lipinski definition) is 3. The number of aromatic carboxylic acids is 1. The normalized spacial score (nSPS) is 11.8. The first-order valence-electron chi connectivity index (χ1n) is 7.94. The first-order valence-corrected chi connectivity index (χ1v) is 8.75. The van der Waals surface area contributed by atoms with E-state index in [1.54, 1.807) is 6.07 Å². The van der Waals surface area contributed by atoms with Crippen molar-refractivity contribution in [2.75, 3.05) is 0 Å². The molecule has 0 aliphatic rings. The molecule has 1 heterocycles. The largest absolute Gasteiger partial charge is 0.477 e. The van der Waals surface area contributed by atoms with Gasteiger partial charge in [0.15, 0.2) is 0 Å². The van der Waals surface area contributed by atoms with Crippen molar-refractivity contribution in [1.29, 1.82) is 0 Å². The van der Waals surface area contributed by atoms with E-state index in [2.05, 4.69) is 5.32 Å². The van der Waals surface area contributed by atoms with Gasteiger partial charge in [0.1, 0.15) is 10.7 Å². The summed E-state index contributed by atoms with van der Waals surface area (Å²) in [5, 5.41) is 11.8. The average molecular weight is 369 g/mol. The molecule has 2 aromatic carbocycles. The molecule has 0 bridgehead atoms. The molecule has 4 nitrogen and oxygen atoms in total. The maximum absolute atomic E-state index is 13.3. The van der Waals surface area contributed by atoms with Crippen molar-refractivity contribution in [2.24, 2.45) is 0 Å². The summed E-state index contributed by atoms with van der Waals surface area (Å²) in [5.74, 6) is -1.65. The van der Waals surface area contributed by atoms with Crippen LogP contribution in [0, 0.1) is 5.82 Å². The third kappa shape index (κ3) is 3.97. The number of benzene rings is 2. The zero-order valence-electron chi connectivity index (χ0n) is 13.9. The van der Waals surface area contributed by atoms with Gasteiger partial charge in [-0.15, -0.1) is 11.3 Å². The Balaban J connectivity index is 1.70. The first kappa shape index (κ1) is 17.8. The van der Waals surface area contributed by atoms with E-state index < -0.39 is 5.97 Å². The molecule has 3 aromatic rings. The van der Waals surface area contributed by atoms with Crippen molar-refractivity contribution < 1.29 is 19.1 Å². The molecule has 3 rings (SSSR count). The third-order valence-corrected chi connectivity index (χ3v) is 5.03. The molecule has 0 aliphatic heterocycles. The average Bonchev–Trinajstić information content (AvgIpc) is 3.12. The zero-order valence-corrected chi connectivity index (χ0v) is 14.7. The van der Waals surface area contributed by atoms with Gasteiger partial charge in [0.2, 0.25) is 0 Å². The second-order valence-electron chi connectivity index (χ2n) is 5.80. The molecule has 6 heteroatoms. The Morgan fingerprint density at radius 3 is 2.31 bits per heavy atom. The molecule has 0 spiro atoms. The Kier molecular flexibility index (Phi) is 5.14. The molecule has 2 N–H and O–H groups in total. The van der Waals surface area contributed by atoms with Crippen LogP contribution in [0.2, 0.25) is 0 Å². The lowest BCUT2D eigenvalue weighted by Crippen LogP contribution is -2.25. The lowest BCUT2D eigenvalue weighted by Gasteiger charge is -2.14. The predicted molar refractivity (Wildman–Crippen MR) is 99.0 cm³/mol. The summed E-state index contributed by atoms with van der Waals surface area (Å²) < 4.78 is 13.3. The molecule has 0 aliphatic carbocycles. The van der Waals surface area contributed by atoms with Gasteiger partial charge in [-0.2, -0.15) is 0 Å². The maximum Gasteiger partial charge on any atom is 0.345 e. The number of carbonyl (C=O) groups excluding carboxylic acids is 1. The van der Waals surface area contributed by atoms with Crippen LogP contribution >= 0.6 is 11.3 Å². The minimum absolute atomic E-state index is 0.127. The monoisotopic (exact) mass is 369 g/mol. The van der Waals surface area contributed by atoms with Gasteiger partial charge in [-0.3, -0.25) is 4.79 Å². The van der Waals surface area contributed by atoms with E-state index in [0.29, 0.717) is 4.88 Å². The van der Waals surface area contributed by atoms with Gasteiger partial charge < -0.3 is 10.4 Å². The van der Waals surface area contributed by atoms with Crippen LogP contribution in [-0.2, 0) is 0 Å². The van der Waals surface area contributed by atoms with E-state index in [0.717, 1.165) is 28.0 Å². The van der Waals surface area contributed by atoms with Gasteiger partial charge in [-0.25, -0.2) is 9.18 Å². The smallest absolute Gasteiger partial charge is 0.345 e. The predicted octanol–water partition coefficient (Wildman–Crippen LogP) is 4.74. The number of amides is 1.